The van der Waals surface area contributed by atoms with Crippen LogP contribution in [0.1, 0.15) is 6.92 Å². The van der Waals surface area contributed by atoms with Crippen LogP contribution in [0.4, 0.5) is 24.5 Å². The molecule has 0 radical (unpaired) electrons. The van der Waals surface area contributed by atoms with Crippen molar-refractivity contribution in [3.8, 4) is 0 Å². The summed E-state index contributed by atoms with van der Waals surface area (Å²) in [5, 5.41) is 20.1. The van der Waals surface area contributed by atoms with Gasteiger partial charge in [0.1, 0.15) is 0 Å². The van der Waals surface area contributed by atoms with Crippen molar-refractivity contribution in [2.45, 2.75) is 28.5 Å². The fourth-order valence-electron chi connectivity index (χ4n) is 3.48. The highest BCUT2D eigenvalue weighted by Crippen LogP contribution is 2.33. The Morgan fingerprint density at radius 2 is 1.63 bits per heavy atom. The molecule has 1 aliphatic rings. The second-order valence-electron chi connectivity index (χ2n) is 8.22. The summed E-state index contributed by atoms with van der Waals surface area (Å²) in [4.78, 5) is 15.9. The van der Waals surface area contributed by atoms with Crippen LogP contribution in [0.25, 0.3) is 0 Å². The first-order chi connectivity index (χ1) is 16.3. The molecule has 0 aromatic heterocycles. The Hall–Kier alpha value is -2.38. The molecule has 0 aliphatic carbocycles. The van der Waals surface area contributed by atoms with Gasteiger partial charge in [-0.25, -0.2) is 8.42 Å². The second kappa shape index (κ2) is 10.3. The Morgan fingerprint density at radius 1 is 1.06 bits per heavy atom. The Balaban J connectivity index is 1.74. The number of alkyl halides is 3. The molecule has 13 heteroatoms. The number of hydrogen-bond acceptors (Lipinski definition) is 7. The molecule has 192 valence electrons. The van der Waals surface area contributed by atoms with Crippen LogP contribution in [0, 0.1) is 0 Å². The number of nitrogens with one attached hydrogen (secondary N) is 1. The van der Waals surface area contributed by atoms with E-state index < -0.39 is 27.5 Å². The normalized spacial score (nSPS) is 17.2. The predicted molar refractivity (Wildman–Crippen MR) is 124 cm³/mol. The second-order valence-corrected chi connectivity index (χ2v) is 10.6. The summed E-state index contributed by atoms with van der Waals surface area (Å²) >= 11 is 6.02. The van der Waals surface area contributed by atoms with Crippen molar-refractivity contribution < 1.29 is 36.6 Å². The standard InChI is InChI=1S/C22H25ClF3N3O5S/c1-21(32,22(24,25)26)20(31)27-19-7-6-17(14-18(19)23)35(33,34)16-4-2-15(3-5-16)29-10-8-28(9-11-29)12-13-30/h2-7,14,30,32H,8-13H2,1H3,(H,27,31). The van der Waals surface area contributed by atoms with Crippen LogP contribution >= 0.6 is 11.6 Å². The Morgan fingerprint density at radius 3 is 2.14 bits per heavy atom. The van der Waals surface area contributed by atoms with Gasteiger partial charge in [-0.1, -0.05) is 11.6 Å². The summed E-state index contributed by atoms with van der Waals surface area (Å²) in [5.74, 6) is -1.75. The highest BCUT2D eigenvalue weighted by atomic mass is 35.5. The van der Waals surface area contributed by atoms with Crippen molar-refractivity contribution in [2.24, 2.45) is 0 Å². The summed E-state index contributed by atoms with van der Waals surface area (Å²) < 4.78 is 64.6. The van der Waals surface area contributed by atoms with E-state index in [1.165, 1.54) is 12.1 Å². The van der Waals surface area contributed by atoms with E-state index in [1.807, 2.05) is 5.32 Å². The SMILES string of the molecule is CC(O)(C(=O)Nc1ccc(S(=O)(=O)c2ccc(N3CCN(CCO)CC3)cc2)cc1Cl)C(F)(F)F. The van der Waals surface area contributed by atoms with E-state index in [0.717, 1.165) is 50.1 Å². The molecular weight excluding hydrogens is 511 g/mol. The van der Waals surface area contributed by atoms with Crippen LogP contribution in [0.3, 0.4) is 0 Å². The minimum Gasteiger partial charge on any atom is -0.395 e. The molecule has 1 amide bonds. The number of aliphatic hydroxyl groups excluding tert-OH is 1. The molecule has 1 atom stereocenters. The van der Waals surface area contributed by atoms with Crippen LogP contribution in [0.15, 0.2) is 52.3 Å². The zero-order valence-corrected chi connectivity index (χ0v) is 20.3. The summed E-state index contributed by atoms with van der Waals surface area (Å²) in [6.45, 7) is 4.02. The van der Waals surface area contributed by atoms with Crippen molar-refractivity contribution in [2.75, 3.05) is 49.5 Å². The van der Waals surface area contributed by atoms with E-state index in [1.54, 1.807) is 12.1 Å². The number of piperazine rings is 1. The number of carbonyl (C=O) groups excluding carboxylic acids is 1. The van der Waals surface area contributed by atoms with E-state index in [0.29, 0.717) is 13.5 Å². The summed E-state index contributed by atoms with van der Waals surface area (Å²) in [5.41, 5.74) is -3.09. The van der Waals surface area contributed by atoms with E-state index in [9.17, 15) is 31.5 Å². The average Bonchev–Trinajstić information content (AvgIpc) is 2.80. The van der Waals surface area contributed by atoms with Crippen LogP contribution in [0.2, 0.25) is 5.02 Å². The first-order valence-corrected chi connectivity index (χ1v) is 12.5. The van der Waals surface area contributed by atoms with Gasteiger partial charge in [-0.2, -0.15) is 13.2 Å². The fourth-order valence-corrected chi connectivity index (χ4v) is 5.06. The van der Waals surface area contributed by atoms with E-state index in [2.05, 4.69) is 9.80 Å². The van der Waals surface area contributed by atoms with Gasteiger partial charge < -0.3 is 20.4 Å². The molecule has 8 nitrogen and oxygen atoms in total. The molecule has 3 N–H and O–H groups in total. The number of hydrogen-bond donors (Lipinski definition) is 3. The molecule has 35 heavy (non-hydrogen) atoms. The number of aliphatic hydroxyl groups is 2. The lowest BCUT2D eigenvalue weighted by atomic mass is 10.1. The molecule has 0 bridgehead atoms. The van der Waals surface area contributed by atoms with Crippen molar-refractivity contribution >= 4 is 38.7 Å². The van der Waals surface area contributed by atoms with Crippen molar-refractivity contribution in [1.82, 2.24) is 4.90 Å². The van der Waals surface area contributed by atoms with Gasteiger partial charge >= 0.3 is 6.18 Å². The molecule has 1 unspecified atom stereocenters. The summed E-state index contributed by atoms with van der Waals surface area (Å²) in [6, 6.07) is 9.45. The zero-order valence-electron chi connectivity index (χ0n) is 18.7. The van der Waals surface area contributed by atoms with Crippen molar-refractivity contribution in [3.05, 3.63) is 47.5 Å². The van der Waals surface area contributed by atoms with Gasteiger partial charge in [-0.15, -0.1) is 0 Å². The molecule has 0 spiro atoms. The highest BCUT2D eigenvalue weighted by Gasteiger charge is 2.55. The minimum atomic E-state index is -5.22. The maximum absolute atomic E-state index is 13.0. The molecule has 2 aromatic carbocycles. The van der Waals surface area contributed by atoms with E-state index >= 15 is 0 Å². The summed E-state index contributed by atoms with van der Waals surface area (Å²) in [6.07, 6.45) is -5.22. The highest BCUT2D eigenvalue weighted by molar-refractivity contribution is 7.91. The smallest absolute Gasteiger partial charge is 0.395 e. The van der Waals surface area contributed by atoms with Crippen LogP contribution in [-0.4, -0.2) is 80.5 Å². The number of carbonyl (C=O) groups is 1. The lowest BCUT2D eigenvalue weighted by Gasteiger charge is -2.35. The number of anilines is 2. The molecule has 1 fully saturated rings. The molecule has 1 aliphatic heterocycles. The lowest BCUT2D eigenvalue weighted by molar-refractivity contribution is -0.242. The molecule has 1 heterocycles. The molecule has 0 saturated carbocycles. The van der Waals surface area contributed by atoms with Gasteiger partial charge in [0, 0.05) is 38.4 Å². The van der Waals surface area contributed by atoms with Crippen LogP contribution in [-0.2, 0) is 14.6 Å². The van der Waals surface area contributed by atoms with Gasteiger partial charge in [0.2, 0.25) is 15.4 Å². The Kier molecular flexibility index (Phi) is 8.02. The lowest BCUT2D eigenvalue weighted by Crippen LogP contribution is -2.52. The fraction of sp³-hybridized carbons (Fsp3) is 0.409. The number of halogens is 4. The number of nitrogens with zero attached hydrogens (tertiary/aromatic N) is 2. The monoisotopic (exact) mass is 535 g/mol. The predicted octanol–water partition coefficient (Wildman–Crippen LogP) is 2.54. The topological polar surface area (TPSA) is 110 Å². The summed E-state index contributed by atoms with van der Waals surface area (Å²) in [7, 11) is -4.00. The van der Waals surface area contributed by atoms with Crippen molar-refractivity contribution in [3.63, 3.8) is 0 Å². The zero-order chi connectivity index (χ0) is 26.0. The van der Waals surface area contributed by atoms with E-state index in [4.69, 9.17) is 16.7 Å². The quantitative estimate of drug-likeness (QED) is 0.500. The van der Waals surface area contributed by atoms with Gasteiger partial charge in [0.15, 0.2) is 0 Å². The molecule has 1 saturated heterocycles. The molecular formula is C22H25ClF3N3O5S. The van der Waals surface area contributed by atoms with Gasteiger partial charge in [-0.05, 0) is 49.4 Å². The van der Waals surface area contributed by atoms with Crippen molar-refractivity contribution in [1.29, 1.82) is 0 Å². The average molecular weight is 536 g/mol. The first-order valence-electron chi connectivity index (χ1n) is 10.6. The largest absolute Gasteiger partial charge is 0.426 e. The maximum atomic E-state index is 13.0. The molecule has 2 aromatic rings. The minimum absolute atomic E-state index is 0.00646. The van der Waals surface area contributed by atoms with Gasteiger partial charge in [0.05, 0.1) is 27.1 Å². The Bertz CT molecular complexity index is 1170. The van der Waals surface area contributed by atoms with Crippen LogP contribution in [0.5, 0.6) is 0 Å². The number of β-amino-alcohol motifs (C(OH)–C–C–N with tert-alkyl or cyclic N) is 1. The van der Waals surface area contributed by atoms with Gasteiger partial charge in [0.25, 0.3) is 5.91 Å². The third-order valence-electron chi connectivity index (χ3n) is 5.79. The number of benzene rings is 2. The third kappa shape index (κ3) is 5.89. The Labute approximate surface area is 205 Å². The number of sulfone groups is 1. The third-order valence-corrected chi connectivity index (χ3v) is 7.87. The van der Waals surface area contributed by atoms with E-state index in [-0.39, 0.29) is 27.1 Å². The van der Waals surface area contributed by atoms with Crippen LogP contribution < -0.4 is 10.2 Å². The first kappa shape index (κ1) is 27.2. The maximum Gasteiger partial charge on any atom is 0.426 e. The number of amides is 1. The molecule has 3 rings (SSSR count). The number of rotatable bonds is 7. The van der Waals surface area contributed by atoms with Gasteiger partial charge in [-0.3, -0.25) is 9.69 Å².